The number of alkyl halides is 3. The predicted molar refractivity (Wildman–Crippen MR) is 143 cm³/mol. The number of aromatic nitrogens is 2. The van der Waals surface area contributed by atoms with Crippen molar-refractivity contribution in [2.24, 2.45) is 28.5 Å². The number of ether oxygens (including phenoxy) is 2. The van der Waals surface area contributed by atoms with Crippen LogP contribution in [0, 0.1) is 0 Å². The lowest BCUT2D eigenvalue weighted by molar-refractivity contribution is -0.152. The third-order valence-electron chi connectivity index (χ3n) is 5.21. The fraction of sp³-hybridized carbons (Fsp3) is 0.360. The highest BCUT2D eigenvalue weighted by molar-refractivity contribution is 5.85. The van der Waals surface area contributed by atoms with Crippen molar-refractivity contribution < 1.29 is 27.8 Å². The van der Waals surface area contributed by atoms with Crippen molar-refractivity contribution in [1.29, 1.82) is 0 Å². The minimum atomic E-state index is -4.52. The molecule has 0 spiro atoms. The fourth-order valence-corrected chi connectivity index (χ4v) is 3.38. The number of hydrogen-bond acceptors (Lipinski definition) is 9. The van der Waals surface area contributed by atoms with Gasteiger partial charge in [-0.15, -0.1) is 0 Å². The second kappa shape index (κ2) is 14.0. The number of methoxy groups -OCH3 is 2. The molecule has 1 aromatic heterocycles. The molecule has 6 N–H and O–H groups in total. The van der Waals surface area contributed by atoms with Crippen LogP contribution < -0.4 is 31.8 Å². The second-order valence-electron chi connectivity index (χ2n) is 8.36. The van der Waals surface area contributed by atoms with E-state index in [0.29, 0.717) is 34.0 Å². The van der Waals surface area contributed by atoms with Gasteiger partial charge in [0.25, 0.3) is 5.56 Å². The number of nitrogens with two attached hydrogens (primary N) is 2. The van der Waals surface area contributed by atoms with E-state index in [1.54, 1.807) is 38.4 Å². The van der Waals surface area contributed by atoms with Crippen LogP contribution in [-0.2, 0) is 13.6 Å². The first kappa shape index (κ1) is 30.9. The number of hydrogen-bond donors (Lipinski definition) is 4. The van der Waals surface area contributed by atoms with Gasteiger partial charge in [0.05, 0.1) is 63.8 Å². The molecule has 1 heterocycles. The molecular weight excluding hydrogens is 519 g/mol. The number of nitrogens with zero attached hydrogens (tertiary/aromatic N) is 4. The van der Waals surface area contributed by atoms with E-state index in [-0.39, 0.29) is 23.5 Å². The molecule has 0 radical (unpaired) electrons. The summed E-state index contributed by atoms with van der Waals surface area (Å²) in [5.74, 6) is 0.962. The van der Waals surface area contributed by atoms with Crippen LogP contribution in [0.25, 0.3) is 11.3 Å². The average molecular weight is 552 g/mol. The minimum absolute atomic E-state index is 0.0927. The summed E-state index contributed by atoms with van der Waals surface area (Å²) < 4.78 is 49.4. The van der Waals surface area contributed by atoms with Gasteiger partial charge in [-0.1, -0.05) is 0 Å². The monoisotopic (exact) mass is 551 g/mol. The van der Waals surface area contributed by atoms with Crippen LogP contribution in [0.15, 0.2) is 62.3 Å². The highest BCUT2D eigenvalue weighted by Gasteiger charge is 2.30. The Bertz CT molecular complexity index is 1290. The SMILES string of the molecule is COc1cc(OC)cc(-c2nc(CNC(=CN=CN)C(C=NCC(O)CC(F)(F)F)=C(C)N)cn(C)c2=O)c1. The largest absolute Gasteiger partial charge is 0.497 e. The number of allylic oxidation sites excluding steroid dienone is 2. The minimum Gasteiger partial charge on any atom is -0.497 e. The van der Waals surface area contributed by atoms with Crippen molar-refractivity contribution in [3.63, 3.8) is 0 Å². The van der Waals surface area contributed by atoms with E-state index in [0.717, 1.165) is 6.34 Å². The Morgan fingerprint density at radius 1 is 1.26 bits per heavy atom. The molecule has 0 bridgehead atoms. The van der Waals surface area contributed by atoms with Gasteiger partial charge in [-0.2, -0.15) is 13.2 Å². The van der Waals surface area contributed by atoms with E-state index >= 15 is 0 Å². The number of aryl methyl sites for hydroxylation is 1. The van der Waals surface area contributed by atoms with E-state index in [1.165, 1.54) is 31.2 Å². The second-order valence-corrected chi connectivity index (χ2v) is 8.36. The van der Waals surface area contributed by atoms with Crippen molar-refractivity contribution >= 4 is 12.6 Å². The number of aliphatic imine (C=N–C) groups is 2. The molecule has 0 fully saturated rings. The van der Waals surface area contributed by atoms with E-state index in [1.807, 2.05) is 0 Å². The Morgan fingerprint density at radius 3 is 2.44 bits per heavy atom. The maximum atomic E-state index is 12.9. The molecule has 212 valence electrons. The molecule has 39 heavy (non-hydrogen) atoms. The predicted octanol–water partition coefficient (Wildman–Crippen LogP) is 2.00. The van der Waals surface area contributed by atoms with Gasteiger partial charge < -0.3 is 35.9 Å². The van der Waals surface area contributed by atoms with Crippen LogP contribution in [-0.4, -0.2) is 60.3 Å². The smallest absolute Gasteiger partial charge is 0.391 e. The molecule has 11 nitrogen and oxygen atoms in total. The number of halogens is 3. The molecule has 0 aliphatic heterocycles. The molecule has 2 rings (SSSR count). The number of nitrogens with one attached hydrogen (secondary N) is 1. The average Bonchev–Trinajstić information content (AvgIpc) is 2.87. The molecule has 14 heteroatoms. The zero-order valence-corrected chi connectivity index (χ0v) is 22.0. The van der Waals surface area contributed by atoms with Crippen LogP contribution in [0.2, 0.25) is 0 Å². The van der Waals surface area contributed by atoms with Crippen molar-refractivity contribution in [2.75, 3.05) is 20.8 Å². The van der Waals surface area contributed by atoms with Gasteiger partial charge in [-0.25, -0.2) is 9.98 Å². The molecular formula is C25H32F3N7O4. The van der Waals surface area contributed by atoms with Crippen LogP contribution >= 0.6 is 0 Å². The lowest BCUT2D eigenvalue weighted by atomic mass is 10.1. The lowest BCUT2D eigenvalue weighted by Crippen LogP contribution is -2.24. The topological polar surface area (TPSA) is 162 Å². The summed E-state index contributed by atoms with van der Waals surface area (Å²) in [4.78, 5) is 25.2. The Morgan fingerprint density at radius 2 is 1.90 bits per heavy atom. The first-order valence-corrected chi connectivity index (χ1v) is 11.6. The molecule has 0 aliphatic rings. The van der Waals surface area contributed by atoms with E-state index < -0.39 is 25.2 Å². The van der Waals surface area contributed by atoms with Gasteiger partial charge >= 0.3 is 6.18 Å². The van der Waals surface area contributed by atoms with Crippen molar-refractivity contribution in [3.05, 3.63) is 63.6 Å². The van der Waals surface area contributed by atoms with Gasteiger partial charge in [0.2, 0.25) is 0 Å². The lowest BCUT2D eigenvalue weighted by Gasteiger charge is -2.15. The Hall–Kier alpha value is -4.33. The summed E-state index contributed by atoms with van der Waals surface area (Å²) in [6.07, 6.45) is -2.44. The molecule has 0 saturated heterocycles. The third-order valence-corrected chi connectivity index (χ3v) is 5.21. The maximum Gasteiger partial charge on any atom is 0.391 e. The van der Waals surface area contributed by atoms with Crippen molar-refractivity contribution in [3.8, 4) is 22.8 Å². The molecule has 0 aliphatic carbocycles. The summed E-state index contributed by atoms with van der Waals surface area (Å²) in [5, 5.41) is 12.7. The van der Waals surface area contributed by atoms with E-state index in [2.05, 4.69) is 20.3 Å². The Kier molecular flexibility index (Phi) is 11.1. The zero-order valence-electron chi connectivity index (χ0n) is 22.0. The van der Waals surface area contributed by atoms with E-state index in [9.17, 15) is 23.1 Å². The normalized spacial score (nSPS) is 14.0. The van der Waals surface area contributed by atoms with Crippen LogP contribution in [0.4, 0.5) is 13.2 Å². The zero-order chi connectivity index (χ0) is 29.2. The summed E-state index contributed by atoms with van der Waals surface area (Å²) in [6, 6.07) is 4.99. The van der Waals surface area contributed by atoms with Crippen LogP contribution in [0.5, 0.6) is 11.5 Å². The summed E-state index contributed by atoms with van der Waals surface area (Å²) in [5.41, 5.74) is 13.0. The van der Waals surface area contributed by atoms with Crippen molar-refractivity contribution in [2.45, 2.75) is 32.2 Å². The number of aliphatic hydroxyl groups excluding tert-OH is 1. The van der Waals surface area contributed by atoms with Crippen molar-refractivity contribution in [1.82, 2.24) is 14.9 Å². The molecule has 1 unspecified atom stereocenters. The molecule has 1 aromatic carbocycles. The first-order valence-electron chi connectivity index (χ1n) is 11.6. The molecule has 1 atom stereocenters. The Labute approximate surface area is 223 Å². The highest BCUT2D eigenvalue weighted by Crippen LogP contribution is 2.27. The Balaban J connectivity index is 2.36. The number of benzene rings is 1. The summed E-state index contributed by atoms with van der Waals surface area (Å²) >= 11 is 0. The third kappa shape index (κ3) is 9.48. The standard InChI is InChI=1S/C25H32F3N7O4/c1-15(30)21(11-31-10-18(36)8-25(26,27)28)22(12-32-14-29)33-9-17-13-35(2)24(37)23(34-17)16-5-19(38-3)7-20(6-16)39-4/h5-7,11-14,18,33,36H,8-10,30H2,1-4H3,(H2,29,32). The quantitative estimate of drug-likeness (QED) is 0.177. The van der Waals surface area contributed by atoms with Gasteiger partial charge in [-0.3, -0.25) is 9.79 Å². The molecule has 0 amide bonds. The molecule has 2 aromatic rings. The first-order chi connectivity index (χ1) is 18.4. The van der Waals surface area contributed by atoms with E-state index in [4.69, 9.17) is 20.9 Å². The number of rotatable bonds is 12. The number of aliphatic hydroxyl groups is 1. The molecule has 0 saturated carbocycles. The van der Waals surface area contributed by atoms with Gasteiger partial charge in [0.1, 0.15) is 17.2 Å². The van der Waals surface area contributed by atoms with Gasteiger partial charge in [-0.05, 0) is 19.1 Å². The summed E-state index contributed by atoms with van der Waals surface area (Å²) in [7, 11) is 4.57. The van der Waals surface area contributed by atoms with Gasteiger partial charge in [0.15, 0.2) is 0 Å². The maximum absolute atomic E-state index is 12.9. The summed E-state index contributed by atoms with van der Waals surface area (Å²) in [6.45, 7) is 1.17. The fourth-order valence-electron chi connectivity index (χ4n) is 3.38. The van der Waals surface area contributed by atoms with Crippen LogP contribution in [0.3, 0.4) is 0 Å². The highest BCUT2D eigenvalue weighted by atomic mass is 19.4. The van der Waals surface area contributed by atoms with Gasteiger partial charge in [0, 0.05) is 42.4 Å². The van der Waals surface area contributed by atoms with Crippen LogP contribution in [0.1, 0.15) is 19.0 Å².